The predicted molar refractivity (Wildman–Crippen MR) is 103 cm³/mol. The van der Waals surface area contributed by atoms with Gasteiger partial charge in [0.05, 0.1) is 0 Å². The van der Waals surface area contributed by atoms with Gasteiger partial charge in [-0.25, -0.2) is 0 Å². The zero-order valence-electron chi connectivity index (χ0n) is 14.9. The molecule has 0 aliphatic rings. The summed E-state index contributed by atoms with van der Waals surface area (Å²) in [6.07, 6.45) is 3.50. The molecule has 24 heavy (non-hydrogen) atoms. The van der Waals surface area contributed by atoms with Crippen molar-refractivity contribution in [1.29, 1.82) is 0 Å². The van der Waals surface area contributed by atoms with Crippen molar-refractivity contribution in [3.8, 4) is 5.75 Å². The summed E-state index contributed by atoms with van der Waals surface area (Å²) in [6, 6.07) is 21.3. The third-order valence-corrected chi connectivity index (χ3v) is 4.83. The first-order chi connectivity index (χ1) is 11.7. The van der Waals surface area contributed by atoms with E-state index in [2.05, 4.69) is 81.4 Å². The van der Waals surface area contributed by atoms with Crippen LogP contribution in [0.1, 0.15) is 49.0 Å². The molecule has 0 aromatic heterocycles. The van der Waals surface area contributed by atoms with E-state index in [0.29, 0.717) is 0 Å². The lowest BCUT2D eigenvalue weighted by molar-refractivity contribution is 0.193. The fourth-order valence-corrected chi connectivity index (χ4v) is 3.24. The number of ether oxygens (including phenoxy) is 1. The van der Waals surface area contributed by atoms with Crippen LogP contribution in [-0.2, 0) is 0 Å². The van der Waals surface area contributed by atoms with Crippen molar-refractivity contribution in [1.82, 2.24) is 0 Å². The molecule has 1 heteroatoms. The second kappa shape index (κ2) is 7.53. The van der Waals surface area contributed by atoms with Gasteiger partial charge in [0.2, 0.25) is 0 Å². The average molecular weight is 318 g/mol. The third-order valence-electron chi connectivity index (χ3n) is 4.83. The van der Waals surface area contributed by atoms with Crippen molar-refractivity contribution in [2.45, 2.75) is 46.1 Å². The highest BCUT2D eigenvalue weighted by Crippen LogP contribution is 2.33. The monoisotopic (exact) mass is 318 g/mol. The third kappa shape index (κ3) is 3.46. The quantitative estimate of drug-likeness (QED) is 0.487. The standard InChI is InChI=1S/C23H26O/c1-4-5-15-22(20-14-8-10-17(2)18(20)3)24-23-16-9-12-19-11-6-7-13-21(19)23/h6-14,16,22H,4-5,15H2,1-3H3. The lowest BCUT2D eigenvalue weighted by Gasteiger charge is -2.23. The first kappa shape index (κ1) is 16.6. The molecule has 0 spiro atoms. The zero-order chi connectivity index (χ0) is 16.9. The van der Waals surface area contributed by atoms with Crippen molar-refractivity contribution in [2.24, 2.45) is 0 Å². The van der Waals surface area contributed by atoms with Gasteiger partial charge in [-0.3, -0.25) is 0 Å². The van der Waals surface area contributed by atoms with E-state index in [-0.39, 0.29) is 6.10 Å². The van der Waals surface area contributed by atoms with E-state index in [1.54, 1.807) is 0 Å². The first-order valence-electron chi connectivity index (χ1n) is 8.91. The van der Waals surface area contributed by atoms with E-state index < -0.39 is 0 Å². The molecule has 1 atom stereocenters. The summed E-state index contributed by atoms with van der Waals surface area (Å²) in [5, 5.41) is 2.41. The fourth-order valence-electron chi connectivity index (χ4n) is 3.24. The van der Waals surface area contributed by atoms with E-state index in [4.69, 9.17) is 4.74 Å². The summed E-state index contributed by atoms with van der Waals surface area (Å²) in [5.41, 5.74) is 3.99. The largest absolute Gasteiger partial charge is 0.485 e. The van der Waals surface area contributed by atoms with Crippen LogP contribution in [0.3, 0.4) is 0 Å². The average Bonchev–Trinajstić information content (AvgIpc) is 2.61. The highest BCUT2D eigenvalue weighted by molar-refractivity contribution is 5.88. The second-order valence-corrected chi connectivity index (χ2v) is 6.52. The minimum atomic E-state index is 0.107. The van der Waals surface area contributed by atoms with Crippen LogP contribution >= 0.6 is 0 Å². The van der Waals surface area contributed by atoms with E-state index in [0.717, 1.165) is 12.2 Å². The molecule has 1 unspecified atom stereocenters. The highest BCUT2D eigenvalue weighted by Gasteiger charge is 2.17. The van der Waals surface area contributed by atoms with Crippen LogP contribution in [0.15, 0.2) is 60.7 Å². The molecule has 3 rings (SSSR count). The van der Waals surface area contributed by atoms with Gasteiger partial charge < -0.3 is 4.74 Å². The van der Waals surface area contributed by atoms with E-state index >= 15 is 0 Å². The number of hydrogen-bond acceptors (Lipinski definition) is 1. The lowest BCUT2D eigenvalue weighted by atomic mass is 9.96. The predicted octanol–water partition coefficient (Wildman–Crippen LogP) is 6.77. The molecule has 0 N–H and O–H groups in total. The van der Waals surface area contributed by atoms with Crippen LogP contribution in [0, 0.1) is 13.8 Å². The van der Waals surface area contributed by atoms with Crippen LogP contribution < -0.4 is 4.74 Å². The Morgan fingerprint density at radius 3 is 2.46 bits per heavy atom. The molecule has 0 bridgehead atoms. The molecule has 124 valence electrons. The summed E-state index contributed by atoms with van der Waals surface area (Å²) in [6.45, 7) is 6.61. The minimum absolute atomic E-state index is 0.107. The highest BCUT2D eigenvalue weighted by atomic mass is 16.5. The Morgan fingerprint density at radius 1 is 0.875 bits per heavy atom. The van der Waals surface area contributed by atoms with Gasteiger partial charge >= 0.3 is 0 Å². The molecular weight excluding hydrogens is 292 g/mol. The summed E-state index contributed by atoms with van der Waals surface area (Å²) in [7, 11) is 0. The van der Waals surface area contributed by atoms with E-state index in [9.17, 15) is 0 Å². The SMILES string of the molecule is CCCCC(Oc1cccc2ccccc12)c1cccc(C)c1C. The van der Waals surface area contributed by atoms with Crippen molar-refractivity contribution in [3.63, 3.8) is 0 Å². The number of hydrogen-bond donors (Lipinski definition) is 0. The van der Waals surface area contributed by atoms with Crippen LogP contribution in [0.5, 0.6) is 5.75 Å². The van der Waals surface area contributed by atoms with Gasteiger partial charge in [0.1, 0.15) is 11.9 Å². The van der Waals surface area contributed by atoms with Crippen molar-refractivity contribution in [3.05, 3.63) is 77.4 Å². The molecule has 1 nitrogen and oxygen atoms in total. The maximum absolute atomic E-state index is 6.55. The van der Waals surface area contributed by atoms with Gasteiger partial charge in [0, 0.05) is 5.39 Å². The first-order valence-corrected chi connectivity index (χ1v) is 8.91. The Kier molecular flexibility index (Phi) is 5.20. The summed E-state index contributed by atoms with van der Waals surface area (Å²) < 4.78 is 6.55. The summed E-state index contributed by atoms with van der Waals surface area (Å²) >= 11 is 0. The molecule has 0 heterocycles. The maximum atomic E-state index is 6.55. The Bertz CT molecular complexity index is 814. The molecule has 0 aliphatic heterocycles. The Morgan fingerprint density at radius 2 is 1.62 bits per heavy atom. The normalized spacial score (nSPS) is 12.3. The number of rotatable bonds is 6. The maximum Gasteiger partial charge on any atom is 0.128 e. The van der Waals surface area contributed by atoms with Gasteiger partial charge in [-0.2, -0.15) is 0 Å². The van der Waals surface area contributed by atoms with Crippen molar-refractivity contribution < 1.29 is 4.74 Å². The number of benzene rings is 3. The number of aryl methyl sites for hydroxylation is 1. The van der Waals surface area contributed by atoms with Crippen LogP contribution in [0.4, 0.5) is 0 Å². The smallest absolute Gasteiger partial charge is 0.128 e. The van der Waals surface area contributed by atoms with Crippen LogP contribution in [0.2, 0.25) is 0 Å². The summed E-state index contributed by atoms with van der Waals surface area (Å²) in [5.74, 6) is 0.982. The minimum Gasteiger partial charge on any atom is -0.485 e. The summed E-state index contributed by atoms with van der Waals surface area (Å²) in [4.78, 5) is 0. The molecule has 0 saturated carbocycles. The fraction of sp³-hybridized carbons (Fsp3) is 0.304. The van der Waals surface area contributed by atoms with Gasteiger partial charge in [0.25, 0.3) is 0 Å². The van der Waals surface area contributed by atoms with Gasteiger partial charge in [-0.1, -0.05) is 67.9 Å². The molecule has 0 fully saturated rings. The van der Waals surface area contributed by atoms with Crippen molar-refractivity contribution >= 4 is 10.8 Å². The Hall–Kier alpha value is -2.28. The Balaban J connectivity index is 1.99. The molecule has 3 aromatic rings. The lowest BCUT2D eigenvalue weighted by Crippen LogP contribution is -2.10. The van der Waals surface area contributed by atoms with Gasteiger partial charge in [0.15, 0.2) is 0 Å². The van der Waals surface area contributed by atoms with Crippen LogP contribution in [0.25, 0.3) is 10.8 Å². The number of fused-ring (bicyclic) bond motifs is 1. The molecule has 0 amide bonds. The van der Waals surface area contributed by atoms with E-state index in [1.165, 1.54) is 40.3 Å². The number of unbranched alkanes of at least 4 members (excludes halogenated alkanes) is 1. The van der Waals surface area contributed by atoms with Crippen molar-refractivity contribution in [2.75, 3.05) is 0 Å². The topological polar surface area (TPSA) is 9.23 Å². The van der Waals surface area contributed by atoms with Crippen LogP contribution in [-0.4, -0.2) is 0 Å². The molecule has 0 aliphatic carbocycles. The molecule has 0 saturated heterocycles. The van der Waals surface area contributed by atoms with E-state index in [1.807, 2.05) is 0 Å². The second-order valence-electron chi connectivity index (χ2n) is 6.52. The van der Waals surface area contributed by atoms with Gasteiger partial charge in [-0.15, -0.1) is 0 Å². The Labute approximate surface area is 145 Å². The van der Waals surface area contributed by atoms with Gasteiger partial charge in [-0.05, 0) is 54.8 Å². The molecule has 0 radical (unpaired) electrons. The zero-order valence-corrected chi connectivity index (χ0v) is 14.9. The molecular formula is C23H26O. The molecule has 3 aromatic carbocycles.